The summed E-state index contributed by atoms with van der Waals surface area (Å²) in [6, 6.07) is 3.77. The van der Waals surface area contributed by atoms with E-state index in [0.29, 0.717) is 11.4 Å². The monoisotopic (exact) mass is 481 g/mol. The molecule has 4 rings (SSSR count). The number of hydrogen-bond acceptors (Lipinski definition) is 9. The van der Waals surface area contributed by atoms with Gasteiger partial charge < -0.3 is 20.5 Å². The van der Waals surface area contributed by atoms with Crippen molar-refractivity contribution in [2.45, 2.75) is 38.2 Å². The Balaban J connectivity index is 1.54. The fourth-order valence-electron chi connectivity index (χ4n) is 3.07. The van der Waals surface area contributed by atoms with Gasteiger partial charge in [0.25, 0.3) is 11.8 Å². The third-order valence-electron chi connectivity index (χ3n) is 4.93. The first-order chi connectivity index (χ1) is 16.7. The van der Waals surface area contributed by atoms with E-state index in [-0.39, 0.29) is 35.4 Å². The summed E-state index contributed by atoms with van der Waals surface area (Å²) in [5.41, 5.74) is -0.522. The smallest absolute Gasteiger partial charge is 0.389 e. The highest BCUT2D eigenvalue weighted by atomic mass is 19.1. The topological polar surface area (TPSA) is 151 Å². The van der Waals surface area contributed by atoms with Gasteiger partial charge in [-0.05, 0) is 38.8 Å². The van der Waals surface area contributed by atoms with Gasteiger partial charge in [-0.25, -0.2) is 29.1 Å². The van der Waals surface area contributed by atoms with Crippen LogP contribution in [0.5, 0.6) is 5.88 Å². The van der Waals surface area contributed by atoms with Crippen LogP contribution in [0, 0.1) is 5.82 Å². The Morgan fingerprint density at radius 2 is 1.94 bits per heavy atom. The molecule has 1 fully saturated rings. The minimum Gasteiger partial charge on any atom is -0.389 e. The van der Waals surface area contributed by atoms with Gasteiger partial charge >= 0.3 is 6.09 Å². The summed E-state index contributed by atoms with van der Waals surface area (Å²) in [7, 11) is 0. The third kappa shape index (κ3) is 6.44. The maximum atomic E-state index is 14.6. The summed E-state index contributed by atoms with van der Waals surface area (Å²) in [5.74, 6) is -1.27. The Morgan fingerprint density at radius 3 is 2.63 bits per heavy atom. The summed E-state index contributed by atoms with van der Waals surface area (Å²) in [5, 5.41) is 17.6. The lowest BCUT2D eigenvalue weighted by atomic mass is 10.1. The van der Waals surface area contributed by atoms with Crippen LogP contribution in [0.1, 0.15) is 48.7 Å². The zero-order valence-electron chi connectivity index (χ0n) is 19.1. The molecule has 12 heteroatoms. The lowest BCUT2D eigenvalue weighted by Crippen LogP contribution is -2.38. The summed E-state index contributed by atoms with van der Waals surface area (Å²) in [6.45, 7) is 2.95. The van der Waals surface area contributed by atoms with Crippen molar-refractivity contribution in [2.24, 2.45) is 0 Å². The van der Waals surface area contributed by atoms with Gasteiger partial charge in [-0.2, -0.15) is 0 Å². The van der Waals surface area contributed by atoms with Crippen LogP contribution in [0.25, 0.3) is 0 Å². The van der Waals surface area contributed by atoms with Crippen LogP contribution in [-0.4, -0.2) is 49.2 Å². The van der Waals surface area contributed by atoms with Gasteiger partial charge in [-0.3, -0.25) is 10.1 Å². The lowest BCUT2D eigenvalue weighted by Gasteiger charge is -2.18. The van der Waals surface area contributed by atoms with E-state index in [2.05, 4.69) is 35.9 Å². The molecule has 2 heterocycles. The molecule has 1 saturated carbocycles. The van der Waals surface area contributed by atoms with Crippen LogP contribution in [-0.2, 0) is 0 Å². The number of nitrogens with one attached hydrogen (secondary N) is 3. The van der Waals surface area contributed by atoms with E-state index in [0.717, 1.165) is 18.9 Å². The number of carbonyl (C=O) groups is 2. The molecule has 11 nitrogen and oxygen atoms in total. The van der Waals surface area contributed by atoms with Crippen molar-refractivity contribution in [3.05, 3.63) is 60.2 Å². The molecule has 35 heavy (non-hydrogen) atoms. The Morgan fingerprint density at radius 1 is 1.20 bits per heavy atom. The summed E-state index contributed by atoms with van der Waals surface area (Å²) in [4.78, 5) is 41.8. The van der Waals surface area contributed by atoms with Gasteiger partial charge in [0.15, 0.2) is 5.82 Å². The highest BCUT2D eigenvalue weighted by molar-refractivity contribution is 6.03. The second-order valence-electron chi connectivity index (χ2n) is 8.65. The van der Waals surface area contributed by atoms with Crippen molar-refractivity contribution >= 4 is 29.2 Å². The first-order valence-electron chi connectivity index (χ1n) is 10.9. The average molecular weight is 481 g/mol. The molecule has 2 amide bonds. The van der Waals surface area contributed by atoms with Gasteiger partial charge in [0.05, 0.1) is 46.8 Å². The minimum absolute atomic E-state index is 0.0754. The summed E-state index contributed by atoms with van der Waals surface area (Å²) < 4.78 is 20.0. The van der Waals surface area contributed by atoms with Crippen molar-refractivity contribution in [2.75, 3.05) is 17.2 Å². The van der Waals surface area contributed by atoms with E-state index in [4.69, 9.17) is 4.74 Å². The van der Waals surface area contributed by atoms with Crippen molar-refractivity contribution < 1.29 is 23.8 Å². The molecule has 1 aromatic carbocycles. The number of nitrogens with zero attached hydrogens (tertiary/aromatic N) is 4. The normalized spacial score (nSPS) is 13.1. The second kappa shape index (κ2) is 9.97. The van der Waals surface area contributed by atoms with Crippen molar-refractivity contribution in [3.8, 4) is 5.88 Å². The minimum atomic E-state index is -1.17. The largest absolute Gasteiger partial charge is 0.418 e. The van der Waals surface area contributed by atoms with Crippen molar-refractivity contribution in [1.82, 2.24) is 25.3 Å². The molecule has 0 aliphatic heterocycles. The molecule has 3 aromatic rings. The molecule has 1 aliphatic carbocycles. The molecule has 0 bridgehead atoms. The fraction of sp³-hybridized carbons (Fsp3) is 0.304. The Bertz CT molecular complexity index is 1230. The lowest BCUT2D eigenvalue weighted by molar-refractivity contribution is 0.0694. The number of halogens is 1. The number of anilines is 3. The van der Waals surface area contributed by atoms with Crippen molar-refractivity contribution in [3.63, 3.8) is 0 Å². The highest BCUT2D eigenvalue weighted by Crippen LogP contribution is 2.40. The van der Waals surface area contributed by atoms with E-state index in [1.165, 1.54) is 44.7 Å². The van der Waals surface area contributed by atoms with Crippen LogP contribution in [0.4, 0.5) is 26.4 Å². The number of amides is 2. The highest BCUT2D eigenvalue weighted by Gasteiger charge is 2.28. The third-order valence-corrected chi connectivity index (χ3v) is 4.93. The molecule has 2 aromatic heterocycles. The van der Waals surface area contributed by atoms with E-state index >= 15 is 0 Å². The first-order valence-corrected chi connectivity index (χ1v) is 10.9. The zero-order valence-corrected chi connectivity index (χ0v) is 19.1. The van der Waals surface area contributed by atoms with Crippen LogP contribution >= 0.6 is 0 Å². The number of hydrogen-bond donors (Lipinski definition) is 4. The second-order valence-corrected chi connectivity index (χ2v) is 8.65. The molecular weight excluding hydrogens is 457 g/mol. The number of aliphatic hydroxyl groups is 1. The Labute approximate surface area is 200 Å². The van der Waals surface area contributed by atoms with Gasteiger partial charge in [-0.15, -0.1) is 0 Å². The molecule has 0 atom stereocenters. The van der Waals surface area contributed by atoms with Gasteiger partial charge in [-0.1, -0.05) is 6.07 Å². The van der Waals surface area contributed by atoms with Crippen molar-refractivity contribution in [1.29, 1.82) is 0 Å². The number of benzene rings is 1. The molecular formula is C23H24FN7O4. The van der Waals surface area contributed by atoms with Crippen LogP contribution in [0.15, 0.2) is 43.1 Å². The Kier molecular flexibility index (Phi) is 6.82. The van der Waals surface area contributed by atoms with Crippen LogP contribution in [0.3, 0.4) is 0 Å². The molecule has 1 aliphatic rings. The summed E-state index contributed by atoms with van der Waals surface area (Å²) in [6.07, 6.45) is 6.81. The zero-order chi connectivity index (χ0) is 25.0. The number of carbonyl (C=O) groups excluding carboxylic acids is 2. The Hall–Kier alpha value is -4.19. The van der Waals surface area contributed by atoms with Gasteiger partial charge in [0, 0.05) is 12.5 Å². The molecule has 4 N–H and O–H groups in total. The predicted octanol–water partition coefficient (Wildman–Crippen LogP) is 3.14. The maximum absolute atomic E-state index is 14.6. The van der Waals surface area contributed by atoms with Crippen LogP contribution < -0.4 is 20.7 Å². The maximum Gasteiger partial charge on any atom is 0.418 e. The SMILES string of the molecule is CC(C)(O)CNC(=O)c1cccc(F)c1NC(=O)Oc1nc(C2CC2)cnc1Nc1cncnc1. The number of ether oxygens (including phenoxy) is 1. The quantitative estimate of drug-likeness (QED) is 0.380. The van der Waals surface area contributed by atoms with Gasteiger partial charge in [0.2, 0.25) is 0 Å². The molecule has 0 radical (unpaired) electrons. The molecule has 0 spiro atoms. The summed E-state index contributed by atoms with van der Waals surface area (Å²) >= 11 is 0. The van der Waals surface area contributed by atoms with E-state index in [1.807, 2.05) is 0 Å². The van der Waals surface area contributed by atoms with E-state index < -0.39 is 23.4 Å². The van der Waals surface area contributed by atoms with E-state index in [1.54, 1.807) is 6.20 Å². The van der Waals surface area contributed by atoms with E-state index in [9.17, 15) is 19.1 Å². The molecule has 182 valence electrons. The van der Waals surface area contributed by atoms with Gasteiger partial charge in [0.1, 0.15) is 12.1 Å². The standard InChI is InChI=1S/C23H24FN7O4/c1-23(2,34)11-28-20(32)15-4-3-5-16(24)18(15)31-22(33)35-21-19(29-14-8-25-12-26-9-14)27-10-17(30-21)13-6-7-13/h3-5,8-10,12-13,34H,6-7,11H2,1-2H3,(H,27,29)(H,28,32)(H,31,33). The first kappa shape index (κ1) is 24.0. The number of aromatic nitrogens is 4. The molecule has 0 saturated heterocycles. The number of rotatable bonds is 8. The predicted molar refractivity (Wildman–Crippen MR) is 124 cm³/mol. The average Bonchev–Trinajstić information content (AvgIpc) is 3.66. The fourth-order valence-corrected chi connectivity index (χ4v) is 3.07. The number of para-hydroxylation sites is 1. The van der Waals surface area contributed by atoms with Crippen LogP contribution in [0.2, 0.25) is 0 Å². The molecule has 0 unspecified atom stereocenters.